The molecule has 0 atom stereocenters. The molecule has 0 aromatic heterocycles. The van der Waals surface area contributed by atoms with Gasteiger partial charge in [0.1, 0.15) is 0 Å². The summed E-state index contributed by atoms with van der Waals surface area (Å²) < 4.78 is 0. The summed E-state index contributed by atoms with van der Waals surface area (Å²) in [4.78, 5) is 2.67. The molecule has 2 aliphatic rings. The van der Waals surface area contributed by atoms with E-state index in [0.29, 0.717) is 5.41 Å². The maximum Gasteiger partial charge on any atom is 0.00412 e. The Labute approximate surface area is 100 Å². The largest absolute Gasteiger partial charge is 0.300 e. The Kier molecular flexibility index (Phi) is 3.67. The lowest BCUT2D eigenvalue weighted by atomic mass is 9.70. The van der Waals surface area contributed by atoms with E-state index in [0.717, 1.165) is 17.7 Å². The first-order chi connectivity index (χ1) is 7.15. The fourth-order valence-corrected chi connectivity index (χ4v) is 3.66. The fraction of sp³-hybridized carbons (Fsp3) is 1.00. The van der Waals surface area contributed by atoms with E-state index in [4.69, 9.17) is 0 Å². The highest BCUT2D eigenvalue weighted by atomic mass is 32.1. The zero-order chi connectivity index (χ0) is 10.9. The van der Waals surface area contributed by atoms with E-state index in [-0.39, 0.29) is 0 Å². The van der Waals surface area contributed by atoms with E-state index in [1.54, 1.807) is 0 Å². The van der Waals surface area contributed by atoms with Crippen LogP contribution in [-0.4, -0.2) is 29.8 Å². The molecule has 1 spiro atoms. The van der Waals surface area contributed by atoms with Crippen molar-refractivity contribution in [3.05, 3.63) is 0 Å². The number of rotatable bonds is 2. The van der Waals surface area contributed by atoms with Crippen LogP contribution in [0.1, 0.15) is 46.0 Å². The van der Waals surface area contributed by atoms with Gasteiger partial charge in [-0.05, 0) is 69.6 Å². The molecule has 88 valence electrons. The minimum absolute atomic E-state index is 0.698. The van der Waals surface area contributed by atoms with Gasteiger partial charge < -0.3 is 4.90 Å². The van der Waals surface area contributed by atoms with E-state index >= 15 is 0 Å². The number of nitrogens with zero attached hydrogens (tertiary/aromatic N) is 1. The number of likely N-dealkylation sites (tertiary alicyclic amines) is 1. The van der Waals surface area contributed by atoms with Crippen LogP contribution in [0.4, 0.5) is 0 Å². The number of thiol groups is 1. The smallest absolute Gasteiger partial charge is 0.00412 e. The van der Waals surface area contributed by atoms with Crippen molar-refractivity contribution in [2.45, 2.75) is 52.0 Å². The van der Waals surface area contributed by atoms with Crippen LogP contribution < -0.4 is 0 Å². The van der Waals surface area contributed by atoms with Gasteiger partial charge in [0, 0.05) is 12.6 Å². The van der Waals surface area contributed by atoms with Gasteiger partial charge in [-0.2, -0.15) is 12.6 Å². The molecular weight excluding hydrogens is 202 g/mol. The minimum atomic E-state index is 0.698. The molecule has 0 N–H and O–H groups in total. The summed E-state index contributed by atoms with van der Waals surface area (Å²) in [5, 5.41) is 0. The Hall–Kier alpha value is 0.310. The van der Waals surface area contributed by atoms with Gasteiger partial charge in [-0.1, -0.05) is 0 Å². The van der Waals surface area contributed by atoms with Gasteiger partial charge in [0.25, 0.3) is 0 Å². The molecule has 1 saturated heterocycles. The molecule has 0 aromatic carbocycles. The Morgan fingerprint density at radius 2 is 1.93 bits per heavy atom. The van der Waals surface area contributed by atoms with Gasteiger partial charge in [-0.25, -0.2) is 0 Å². The maximum absolute atomic E-state index is 4.43. The molecule has 1 aliphatic carbocycles. The molecule has 0 radical (unpaired) electrons. The van der Waals surface area contributed by atoms with Crippen molar-refractivity contribution >= 4 is 12.6 Å². The molecule has 2 heteroatoms. The highest BCUT2D eigenvalue weighted by Gasteiger charge is 2.40. The summed E-state index contributed by atoms with van der Waals surface area (Å²) in [6.07, 6.45) is 7.22. The van der Waals surface area contributed by atoms with E-state index in [1.165, 1.54) is 45.2 Å². The van der Waals surface area contributed by atoms with Gasteiger partial charge in [0.15, 0.2) is 0 Å². The first-order valence-electron chi connectivity index (χ1n) is 6.50. The predicted molar refractivity (Wildman–Crippen MR) is 69.6 cm³/mol. The van der Waals surface area contributed by atoms with Crippen molar-refractivity contribution in [1.82, 2.24) is 4.90 Å². The quantitative estimate of drug-likeness (QED) is 0.709. The van der Waals surface area contributed by atoms with Crippen LogP contribution >= 0.6 is 12.6 Å². The lowest BCUT2D eigenvalue weighted by molar-refractivity contribution is 0.148. The first-order valence-corrected chi connectivity index (χ1v) is 7.13. The first kappa shape index (κ1) is 11.8. The third kappa shape index (κ3) is 2.52. The Morgan fingerprint density at radius 1 is 1.27 bits per heavy atom. The van der Waals surface area contributed by atoms with Crippen LogP contribution in [0.25, 0.3) is 0 Å². The normalized spacial score (nSPS) is 38.0. The van der Waals surface area contributed by atoms with Crippen molar-refractivity contribution in [3.63, 3.8) is 0 Å². The molecule has 2 fully saturated rings. The van der Waals surface area contributed by atoms with Crippen LogP contribution in [0, 0.1) is 11.3 Å². The van der Waals surface area contributed by atoms with Gasteiger partial charge in [-0.3, -0.25) is 0 Å². The molecule has 0 bridgehead atoms. The second-order valence-electron chi connectivity index (χ2n) is 5.94. The van der Waals surface area contributed by atoms with Crippen LogP contribution in [0.2, 0.25) is 0 Å². The van der Waals surface area contributed by atoms with Gasteiger partial charge in [0.2, 0.25) is 0 Å². The maximum atomic E-state index is 4.43. The fourth-order valence-electron chi connectivity index (χ4n) is 3.29. The Morgan fingerprint density at radius 3 is 2.40 bits per heavy atom. The lowest BCUT2D eigenvalue weighted by Gasteiger charge is -2.37. The molecule has 1 aliphatic heterocycles. The molecular formula is C13H25NS. The molecule has 1 saturated carbocycles. The van der Waals surface area contributed by atoms with E-state index in [1.807, 2.05) is 0 Å². The SMILES string of the molecule is CC(C)N1CCC2(CCC(CS)CC2)C1. The molecule has 2 rings (SSSR count). The highest BCUT2D eigenvalue weighted by Crippen LogP contribution is 2.45. The zero-order valence-electron chi connectivity index (χ0n) is 10.2. The topological polar surface area (TPSA) is 3.24 Å². The molecule has 15 heavy (non-hydrogen) atoms. The van der Waals surface area contributed by atoms with Crippen LogP contribution in [0.3, 0.4) is 0 Å². The average molecular weight is 227 g/mol. The standard InChI is InChI=1S/C13H25NS/c1-11(2)14-8-7-13(10-14)5-3-12(9-15)4-6-13/h11-12,15H,3-10H2,1-2H3. The zero-order valence-corrected chi connectivity index (χ0v) is 11.1. The molecule has 0 aromatic rings. The lowest BCUT2D eigenvalue weighted by Crippen LogP contribution is -2.34. The molecule has 1 nitrogen and oxygen atoms in total. The third-order valence-corrected chi connectivity index (χ3v) is 5.14. The Bertz CT molecular complexity index is 207. The average Bonchev–Trinajstić information content (AvgIpc) is 2.64. The van der Waals surface area contributed by atoms with Crippen LogP contribution in [-0.2, 0) is 0 Å². The number of hydrogen-bond donors (Lipinski definition) is 1. The predicted octanol–water partition coefficient (Wildman–Crippen LogP) is 3.21. The summed E-state index contributed by atoms with van der Waals surface area (Å²) in [6.45, 7) is 7.36. The third-order valence-electron chi connectivity index (χ3n) is 4.62. The summed E-state index contributed by atoms with van der Waals surface area (Å²) in [5.41, 5.74) is 0.698. The van der Waals surface area contributed by atoms with Crippen molar-refractivity contribution in [3.8, 4) is 0 Å². The van der Waals surface area contributed by atoms with Crippen LogP contribution in [0.5, 0.6) is 0 Å². The molecule has 1 heterocycles. The van der Waals surface area contributed by atoms with Crippen LogP contribution in [0.15, 0.2) is 0 Å². The van der Waals surface area contributed by atoms with E-state index < -0.39 is 0 Å². The van der Waals surface area contributed by atoms with Gasteiger partial charge in [0.05, 0.1) is 0 Å². The van der Waals surface area contributed by atoms with Crippen molar-refractivity contribution in [2.24, 2.45) is 11.3 Å². The van der Waals surface area contributed by atoms with E-state index in [9.17, 15) is 0 Å². The van der Waals surface area contributed by atoms with Crippen molar-refractivity contribution in [2.75, 3.05) is 18.8 Å². The highest BCUT2D eigenvalue weighted by molar-refractivity contribution is 7.80. The summed E-state index contributed by atoms with van der Waals surface area (Å²) in [7, 11) is 0. The second kappa shape index (κ2) is 4.67. The Balaban J connectivity index is 1.89. The summed E-state index contributed by atoms with van der Waals surface area (Å²) in [5.74, 6) is 2.01. The van der Waals surface area contributed by atoms with Gasteiger partial charge >= 0.3 is 0 Å². The van der Waals surface area contributed by atoms with Gasteiger partial charge in [-0.15, -0.1) is 0 Å². The second-order valence-corrected chi connectivity index (χ2v) is 6.31. The molecule has 0 unspecified atom stereocenters. The van der Waals surface area contributed by atoms with Crippen molar-refractivity contribution in [1.29, 1.82) is 0 Å². The van der Waals surface area contributed by atoms with Crippen molar-refractivity contribution < 1.29 is 0 Å². The summed E-state index contributed by atoms with van der Waals surface area (Å²) in [6, 6.07) is 0.743. The number of hydrogen-bond acceptors (Lipinski definition) is 2. The monoisotopic (exact) mass is 227 g/mol. The summed E-state index contributed by atoms with van der Waals surface area (Å²) >= 11 is 4.43. The minimum Gasteiger partial charge on any atom is -0.300 e. The van der Waals surface area contributed by atoms with E-state index in [2.05, 4.69) is 31.4 Å². The molecule has 0 amide bonds.